The first-order valence-corrected chi connectivity index (χ1v) is 8.25. The van der Waals surface area contributed by atoms with Gasteiger partial charge in [-0.25, -0.2) is 8.78 Å². The number of carbonyl (C=O) groups is 1. The molecule has 3 rings (SSSR count). The van der Waals surface area contributed by atoms with E-state index < -0.39 is 30.8 Å². The minimum Gasteiger partial charge on any atom is -0.493 e. The molecular weight excluding hydrogens is 378 g/mol. The lowest BCUT2D eigenvalue weighted by molar-refractivity contribution is -0.123. The molecule has 1 amide bonds. The molecule has 1 fully saturated rings. The highest BCUT2D eigenvalue weighted by Gasteiger charge is 2.42. The van der Waals surface area contributed by atoms with Gasteiger partial charge in [0.1, 0.15) is 5.75 Å². The maximum absolute atomic E-state index is 13.1. The summed E-state index contributed by atoms with van der Waals surface area (Å²) in [6.45, 7) is -0.197. The van der Waals surface area contributed by atoms with Crippen LogP contribution in [0.25, 0.3) is 0 Å². The zero-order chi connectivity index (χ0) is 18.6. The Morgan fingerprint density at radius 1 is 1.19 bits per heavy atom. The van der Waals surface area contributed by atoms with Gasteiger partial charge in [0.2, 0.25) is 5.91 Å². The molecule has 2 aromatic carbocycles. The second kappa shape index (κ2) is 9.01. The highest BCUT2D eigenvalue weighted by molar-refractivity contribution is 5.85. The zero-order valence-electron chi connectivity index (χ0n) is 14.7. The Hall–Kier alpha value is -2.38. The van der Waals surface area contributed by atoms with E-state index in [1.807, 2.05) is 24.3 Å². The summed E-state index contributed by atoms with van der Waals surface area (Å²) in [7, 11) is 1.57. The summed E-state index contributed by atoms with van der Waals surface area (Å²) < 4.78 is 37.3. The Morgan fingerprint density at radius 2 is 1.85 bits per heavy atom. The number of halogens is 3. The second-order valence-corrected chi connectivity index (χ2v) is 6.11. The molecular formula is C19H21ClF2N2O3. The number of alkyl halides is 2. The lowest BCUT2D eigenvalue weighted by Gasteiger charge is -2.12. The molecule has 5 nitrogen and oxygen atoms in total. The monoisotopic (exact) mass is 398 g/mol. The molecule has 2 N–H and O–H groups in total. The van der Waals surface area contributed by atoms with E-state index in [0.717, 1.165) is 5.56 Å². The van der Waals surface area contributed by atoms with Gasteiger partial charge in [0.05, 0.1) is 19.7 Å². The molecule has 27 heavy (non-hydrogen) atoms. The van der Waals surface area contributed by atoms with Crippen LogP contribution in [0.2, 0.25) is 0 Å². The van der Waals surface area contributed by atoms with Crippen LogP contribution in [-0.2, 0) is 11.3 Å². The number of hydrogen-bond acceptors (Lipinski definition) is 4. The van der Waals surface area contributed by atoms with Crippen molar-refractivity contribution in [3.05, 3.63) is 54.1 Å². The smallest absolute Gasteiger partial charge is 0.262 e. The third-order valence-electron chi connectivity index (χ3n) is 4.11. The zero-order valence-corrected chi connectivity index (χ0v) is 15.5. The number of rotatable bonds is 6. The standard InChI is InChI=1S/C19H20F2N2O3.ClH/c1-25-16-4-2-3-5-17(16)26-14-8-6-13(7-9-14)11-22-18(24)15-10-19(20,21)12-23-15;/h2-9,15,23H,10-12H2,1H3,(H,22,24);1H. The normalized spacial score (nSPS) is 17.7. The number of hydrogen-bond donors (Lipinski definition) is 2. The van der Waals surface area contributed by atoms with Crippen LogP contribution in [0, 0.1) is 0 Å². The fraction of sp³-hybridized carbons (Fsp3) is 0.316. The fourth-order valence-electron chi connectivity index (χ4n) is 2.72. The van der Waals surface area contributed by atoms with Gasteiger partial charge in [0.15, 0.2) is 11.5 Å². The number of carbonyl (C=O) groups excluding carboxylic acids is 1. The molecule has 1 aliphatic rings. The third-order valence-corrected chi connectivity index (χ3v) is 4.11. The predicted molar refractivity (Wildman–Crippen MR) is 100.0 cm³/mol. The number of methoxy groups -OCH3 is 1. The summed E-state index contributed by atoms with van der Waals surface area (Å²) in [6.07, 6.45) is -0.468. The van der Waals surface area contributed by atoms with Crippen LogP contribution < -0.4 is 20.1 Å². The van der Waals surface area contributed by atoms with Crippen LogP contribution in [0.15, 0.2) is 48.5 Å². The number of nitrogens with one attached hydrogen (secondary N) is 2. The van der Waals surface area contributed by atoms with E-state index in [0.29, 0.717) is 17.2 Å². The van der Waals surface area contributed by atoms with Gasteiger partial charge < -0.3 is 14.8 Å². The van der Waals surface area contributed by atoms with E-state index in [1.165, 1.54) is 0 Å². The van der Waals surface area contributed by atoms with Crippen molar-refractivity contribution >= 4 is 18.3 Å². The third kappa shape index (κ3) is 5.55. The molecule has 1 saturated heterocycles. The van der Waals surface area contributed by atoms with Crippen LogP contribution in [0.5, 0.6) is 17.2 Å². The van der Waals surface area contributed by atoms with Gasteiger partial charge in [-0.3, -0.25) is 10.1 Å². The quantitative estimate of drug-likeness (QED) is 0.781. The van der Waals surface area contributed by atoms with Crippen molar-refractivity contribution in [3.8, 4) is 17.2 Å². The predicted octanol–water partition coefficient (Wildman–Crippen LogP) is 3.52. The number of para-hydroxylation sites is 2. The molecule has 0 aliphatic carbocycles. The average molecular weight is 399 g/mol. The molecule has 8 heteroatoms. The van der Waals surface area contributed by atoms with Gasteiger partial charge in [0, 0.05) is 13.0 Å². The minimum atomic E-state index is -2.82. The van der Waals surface area contributed by atoms with Crippen LogP contribution in [0.1, 0.15) is 12.0 Å². The molecule has 1 unspecified atom stereocenters. The molecule has 1 aliphatic heterocycles. The molecule has 1 heterocycles. The van der Waals surface area contributed by atoms with E-state index >= 15 is 0 Å². The summed E-state index contributed by atoms with van der Waals surface area (Å²) in [4.78, 5) is 11.9. The maximum Gasteiger partial charge on any atom is 0.262 e. The van der Waals surface area contributed by atoms with Gasteiger partial charge in [-0.15, -0.1) is 12.4 Å². The van der Waals surface area contributed by atoms with Crippen molar-refractivity contribution in [1.29, 1.82) is 0 Å². The van der Waals surface area contributed by atoms with Crippen LogP contribution >= 0.6 is 12.4 Å². The number of amides is 1. The number of ether oxygens (including phenoxy) is 2. The average Bonchev–Trinajstić information content (AvgIpc) is 3.01. The molecule has 1 atom stereocenters. The van der Waals surface area contributed by atoms with E-state index in [-0.39, 0.29) is 19.0 Å². The van der Waals surface area contributed by atoms with Gasteiger partial charge in [-0.2, -0.15) is 0 Å². The minimum absolute atomic E-state index is 0. The van der Waals surface area contributed by atoms with E-state index in [1.54, 1.807) is 31.4 Å². The van der Waals surface area contributed by atoms with Gasteiger partial charge in [0.25, 0.3) is 5.92 Å². The molecule has 0 saturated carbocycles. The van der Waals surface area contributed by atoms with Gasteiger partial charge >= 0.3 is 0 Å². The maximum atomic E-state index is 13.1. The summed E-state index contributed by atoms with van der Waals surface area (Å²) in [5.74, 6) is -1.38. The van der Waals surface area contributed by atoms with Crippen LogP contribution in [0.3, 0.4) is 0 Å². The van der Waals surface area contributed by atoms with Crippen LogP contribution in [0.4, 0.5) is 8.78 Å². The first-order chi connectivity index (χ1) is 12.5. The van der Waals surface area contributed by atoms with Gasteiger partial charge in [-0.1, -0.05) is 24.3 Å². The summed E-state index contributed by atoms with van der Waals surface area (Å²) in [6, 6.07) is 13.6. The lowest BCUT2D eigenvalue weighted by Crippen LogP contribution is -2.39. The van der Waals surface area contributed by atoms with E-state index in [9.17, 15) is 13.6 Å². The SMILES string of the molecule is COc1ccccc1Oc1ccc(CNC(=O)C2CC(F)(F)CN2)cc1.Cl. The van der Waals surface area contributed by atoms with Gasteiger partial charge in [-0.05, 0) is 29.8 Å². The highest BCUT2D eigenvalue weighted by Crippen LogP contribution is 2.31. The van der Waals surface area contributed by atoms with Crippen molar-refractivity contribution < 1.29 is 23.0 Å². The van der Waals surface area contributed by atoms with Crippen molar-refractivity contribution in [2.75, 3.05) is 13.7 Å². The molecule has 0 spiro atoms. The summed E-state index contributed by atoms with van der Waals surface area (Å²) in [5.41, 5.74) is 0.843. The largest absolute Gasteiger partial charge is 0.493 e. The lowest BCUT2D eigenvalue weighted by atomic mass is 10.1. The van der Waals surface area contributed by atoms with Crippen molar-refractivity contribution in [2.24, 2.45) is 0 Å². The second-order valence-electron chi connectivity index (χ2n) is 6.11. The summed E-state index contributed by atoms with van der Waals surface area (Å²) in [5, 5.41) is 5.21. The van der Waals surface area contributed by atoms with E-state index in [4.69, 9.17) is 9.47 Å². The Balaban J connectivity index is 0.00000261. The van der Waals surface area contributed by atoms with Crippen molar-refractivity contribution in [1.82, 2.24) is 10.6 Å². The molecule has 2 aromatic rings. The Kier molecular flexibility index (Phi) is 6.98. The molecule has 0 bridgehead atoms. The number of benzene rings is 2. The summed E-state index contributed by atoms with van der Waals surface area (Å²) >= 11 is 0. The Labute approximate surface area is 162 Å². The molecule has 0 aromatic heterocycles. The Morgan fingerprint density at radius 3 is 2.44 bits per heavy atom. The molecule has 146 valence electrons. The van der Waals surface area contributed by atoms with E-state index in [2.05, 4.69) is 10.6 Å². The van der Waals surface area contributed by atoms with Crippen molar-refractivity contribution in [2.45, 2.75) is 24.9 Å². The highest BCUT2D eigenvalue weighted by atomic mass is 35.5. The Bertz CT molecular complexity index is 772. The van der Waals surface area contributed by atoms with Crippen molar-refractivity contribution in [3.63, 3.8) is 0 Å². The van der Waals surface area contributed by atoms with Crippen LogP contribution in [-0.4, -0.2) is 31.5 Å². The topological polar surface area (TPSA) is 59.6 Å². The fourth-order valence-corrected chi connectivity index (χ4v) is 2.72. The first-order valence-electron chi connectivity index (χ1n) is 8.25. The molecule has 0 radical (unpaired) electrons. The first kappa shape index (κ1) is 20.9.